The Morgan fingerprint density at radius 3 is 3.27 bits per heavy atom. The maximum atomic E-state index is 8.48. The van der Waals surface area contributed by atoms with Gasteiger partial charge in [0, 0.05) is 0 Å². The van der Waals surface area contributed by atoms with E-state index in [1.54, 1.807) is 0 Å². The molecule has 56 valence electrons. The number of nitriles is 1. The van der Waals surface area contributed by atoms with Gasteiger partial charge in [-0.2, -0.15) is 5.26 Å². The van der Waals surface area contributed by atoms with Gasteiger partial charge in [0.05, 0.1) is 12.5 Å². The molecule has 0 saturated carbocycles. The first-order valence-electron chi connectivity index (χ1n) is 4.13. The lowest BCUT2D eigenvalue weighted by molar-refractivity contribution is 0.519. The topological polar surface area (TPSA) is 23.8 Å². The SMILES string of the molecule is N#CCC1=CC2C=CCC2C1. The van der Waals surface area contributed by atoms with E-state index in [0.717, 1.165) is 12.3 Å². The van der Waals surface area contributed by atoms with Gasteiger partial charge in [0.25, 0.3) is 0 Å². The van der Waals surface area contributed by atoms with Gasteiger partial charge in [-0.1, -0.05) is 23.8 Å². The molecule has 2 aliphatic carbocycles. The van der Waals surface area contributed by atoms with Gasteiger partial charge in [-0.15, -0.1) is 0 Å². The van der Waals surface area contributed by atoms with Crippen molar-refractivity contribution in [1.29, 1.82) is 5.26 Å². The number of nitrogens with zero attached hydrogens (tertiary/aromatic N) is 1. The molecular weight excluding hydrogens is 134 g/mol. The molecule has 1 nitrogen and oxygen atoms in total. The van der Waals surface area contributed by atoms with E-state index in [9.17, 15) is 0 Å². The van der Waals surface area contributed by atoms with Crippen molar-refractivity contribution in [3.8, 4) is 6.07 Å². The zero-order chi connectivity index (χ0) is 7.68. The van der Waals surface area contributed by atoms with Crippen LogP contribution in [0, 0.1) is 23.2 Å². The van der Waals surface area contributed by atoms with E-state index in [4.69, 9.17) is 5.26 Å². The second kappa shape index (κ2) is 2.54. The van der Waals surface area contributed by atoms with Crippen molar-refractivity contribution in [1.82, 2.24) is 0 Å². The van der Waals surface area contributed by atoms with Crippen LogP contribution in [0.1, 0.15) is 19.3 Å². The van der Waals surface area contributed by atoms with Crippen molar-refractivity contribution in [2.75, 3.05) is 0 Å². The number of fused-ring (bicyclic) bond motifs is 1. The number of hydrogen-bond acceptors (Lipinski definition) is 1. The zero-order valence-corrected chi connectivity index (χ0v) is 6.46. The highest BCUT2D eigenvalue weighted by atomic mass is 14.3. The van der Waals surface area contributed by atoms with Crippen molar-refractivity contribution < 1.29 is 0 Å². The fourth-order valence-electron chi connectivity index (χ4n) is 2.05. The molecular formula is C10H11N. The summed E-state index contributed by atoms with van der Waals surface area (Å²) in [5.74, 6) is 1.47. The molecule has 0 radical (unpaired) electrons. The zero-order valence-electron chi connectivity index (χ0n) is 6.46. The third-order valence-electron chi connectivity index (χ3n) is 2.60. The Labute approximate surface area is 67.0 Å². The molecule has 0 amide bonds. The second-order valence-electron chi connectivity index (χ2n) is 3.37. The Morgan fingerprint density at radius 2 is 2.55 bits per heavy atom. The van der Waals surface area contributed by atoms with Crippen LogP contribution >= 0.6 is 0 Å². The van der Waals surface area contributed by atoms with Crippen LogP contribution in [0.4, 0.5) is 0 Å². The molecule has 0 heterocycles. The molecule has 0 aromatic carbocycles. The van der Waals surface area contributed by atoms with Crippen LogP contribution in [0.2, 0.25) is 0 Å². The van der Waals surface area contributed by atoms with E-state index >= 15 is 0 Å². The summed E-state index contributed by atoms with van der Waals surface area (Å²) in [5.41, 5.74) is 1.35. The third-order valence-corrected chi connectivity index (χ3v) is 2.60. The fourth-order valence-corrected chi connectivity index (χ4v) is 2.05. The van der Waals surface area contributed by atoms with Crippen LogP contribution in [0.25, 0.3) is 0 Å². The van der Waals surface area contributed by atoms with E-state index in [1.165, 1.54) is 12.0 Å². The average molecular weight is 145 g/mol. The summed E-state index contributed by atoms with van der Waals surface area (Å²) in [4.78, 5) is 0. The summed E-state index contributed by atoms with van der Waals surface area (Å²) in [6.07, 6.45) is 9.82. The lowest BCUT2D eigenvalue weighted by atomic mass is 9.98. The lowest BCUT2D eigenvalue weighted by Gasteiger charge is -2.05. The van der Waals surface area contributed by atoms with E-state index < -0.39 is 0 Å². The third kappa shape index (κ3) is 1.09. The van der Waals surface area contributed by atoms with Gasteiger partial charge in [0.15, 0.2) is 0 Å². The summed E-state index contributed by atoms with van der Waals surface area (Å²) < 4.78 is 0. The Bertz CT molecular complexity index is 255. The van der Waals surface area contributed by atoms with Gasteiger partial charge < -0.3 is 0 Å². The van der Waals surface area contributed by atoms with Gasteiger partial charge in [0.2, 0.25) is 0 Å². The molecule has 2 atom stereocenters. The van der Waals surface area contributed by atoms with Gasteiger partial charge in [0.1, 0.15) is 0 Å². The van der Waals surface area contributed by atoms with Crippen molar-refractivity contribution in [2.24, 2.45) is 11.8 Å². The van der Waals surface area contributed by atoms with E-state index in [1.807, 2.05) is 0 Å². The first-order chi connectivity index (χ1) is 5.40. The Morgan fingerprint density at radius 1 is 1.64 bits per heavy atom. The smallest absolute Gasteiger partial charge is 0.0666 e. The summed E-state index contributed by atoms with van der Waals surface area (Å²) >= 11 is 0. The van der Waals surface area contributed by atoms with Crippen LogP contribution in [-0.4, -0.2) is 0 Å². The maximum Gasteiger partial charge on any atom is 0.0666 e. The minimum Gasteiger partial charge on any atom is -0.198 e. The standard InChI is InChI=1S/C10H11N/c11-5-4-8-6-9-2-1-3-10(9)7-8/h1-2,6,9-10H,3-4,7H2. The van der Waals surface area contributed by atoms with E-state index in [2.05, 4.69) is 24.3 Å². The quantitative estimate of drug-likeness (QED) is 0.520. The molecule has 0 aromatic rings. The van der Waals surface area contributed by atoms with Crippen LogP contribution in [0.5, 0.6) is 0 Å². The lowest BCUT2D eigenvalue weighted by Crippen LogP contribution is -1.97. The highest BCUT2D eigenvalue weighted by Crippen LogP contribution is 2.39. The predicted octanol–water partition coefficient (Wildman–Crippen LogP) is 2.42. The summed E-state index contributed by atoms with van der Waals surface area (Å²) in [7, 11) is 0. The first-order valence-corrected chi connectivity index (χ1v) is 4.13. The van der Waals surface area contributed by atoms with Gasteiger partial charge in [-0.25, -0.2) is 0 Å². The minimum absolute atomic E-state index is 0.640. The summed E-state index contributed by atoms with van der Waals surface area (Å²) in [6, 6.07) is 2.21. The molecule has 0 bridgehead atoms. The molecule has 0 aromatic heterocycles. The molecule has 0 N–H and O–H groups in total. The Kier molecular flexibility index (Phi) is 1.54. The molecule has 2 rings (SSSR count). The predicted molar refractivity (Wildman–Crippen MR) is 43.7 cm³/mol. The van der Waals surface area contributed by atoms with Gasteiger partial charge in [-0.05, 0) is 24.7 Å². The molecule has 0 saturated heterocycles. The Hall–Kier alpha value is -1.03. The van der Waals surface area contributed by atoms with E-state index in [0.29, 0.717) is 12.3 Å². The average Bonchev–Trinajstić information content (AvgIpc) is 2.46. The molecule has 0 spiro atoms. The van der Waals surface area contributed by atoms with E-state index in [-0.39, 0.29) is 0 Å². The van der Waals surface area contributed by atoms with Crippen LogP contribution in [0.15, 0.2) is 23.8 Å². The molecule has 11 heavy (non-hydrogen) atoms. The molecule has 2 aliphatic rings. The highest BCUT2D eigenvalue weighted by molar-refractivity contribution is 5.24. The van der Waals surface area contributed by atoms with Crippen LogP contribution < -0.4 is 0 Å². The minimum atomic E-state index is 0.640. The monoisotopic (exact) mass is 145 g/mol. The summed E-state index contributed by atoms with van der Waals surface area (Å²) in [6.45, 7) is 0. The summed E-state index contributed by atoms with van der Waals surface area (Å²) in [5, 5.41) is 8.48. The molecule has 2 unspecified atom stereocenters. The maximum absolute atomic E-state index is 8.48. The highest BCUT2D eigenvalue weighted by Gasteiger charge is 2.27. The fraction of sp³-hybridized carbons (Fsp3) is 0.500. The van der Waals surface area contributed by atoms with Gasteiger partial charge >= 0.3 is 0 Å². The largest absolute Gasteiger partial charge is 0.198 e. The van der Waals surface area contributed by atoms with Crippen molar-refractivity contribution >= 4 is 0 Å². The van der Waals surface area contributed by atoms with Crippen molar-refractivity contribution in [2.45, 2.75) is 19.3 Å². The van der Waals surface area contributed by atoms with Gasteiger partial charge in [-0.3, -0.25) is 0 Å². The van der Waals surface area contributed by atoms with Crippen molar-refractivity contribution in [3.63, 3.8) is 0 Å². The first kappa shape index (κ1) is 6.67. The number of hydrogen-bond donors (Lipinski definition) is 0. The molecule has 0 aliphatic heterocycles. The van der Waals surface area contributed by atoms with Crippen LogP contribution in [-0.2, 0) is 0 Å². The molecule has 1 heteroatoms. The second-order valence-corrected chi connectivity index (χ2v) is 3.37. The number of allylic oxidation sites excluding steroid dienone is 4. The Balaban J connectivity index is 2.08. The van der Waals surface area contributed by atoms with Crippen molar-refractivity contribution in [3.05, 3.63) is 23.8 Å². The van der Waals surface area contributed by atoms with Crippen LogP contribution in [0.3, 0.4) is 0 Å². The number of rotatable bonds is 1. The normalized spacial score (nSPS) is 33.2. The molecule has 0 fully saturated rings.